The SMILES string of the molecule is C[C](CC(C)C)C(C=S)n1ccnc1. The average molecular weight is 209 g/mol. The minimum atomic E-state index is 0.217. The van der Waals surface area contributed by atoms with E-state index >= 15 is 0 Å². The highest BCUT2D eigenvalue weighted by Gasteiger charge is 2.17. The highest BCUT2D eigenvalue weighted by Crippen LogP contribution is 2.24. The van der Waals surface area contributed by atoms with Crippen molar-refractivity contribution in [1.82, 2.24) is 9.55 Å². The minimum Gasteiger partial charge on any atom is -0.329 e. The molecule has 0 fully saturated rings. The zero-order chi connectivity index (χ0) is 10.6. The van der Waals surface area contributed by atoms with Crippen molar-refractivity contribution in [3.8, 4) is 0 Å². The molecule has 14 heavy (non-hydrogen) atoms. The zero-order valence-corrected chi connectivity index (χ0v) is 9.79. The smallest absolute Gasteiger partial charge is 0.0951 e. The maximum atomic E-state index is 5.06. The van der Waals surface area contributed by atoms with Gasteiger partial charge < -0.3 is 4.57 Å². The molecule has 1 atom stereocenters. The van der Waals surface area contributed by atoms with E-state index < -0.39 is 0 Å². The molecule has 1 radical (unpaired) electrons. The Balaban J connectivity index is 2.67. The first-order valence-electron chi connectivity index (χ1n) is 4.90. The van der Waals surface area contributed by atoms with Crippen LogP contribution >= 0.6 is 12.2 Å². The van der Waals surface area contributed by atoms with Gasteiger partial charge in [-0.05, 0) is 12.3 Å². The first-order chi connectivity index (χ1) is 6.65. The molecule has 0 aliphatic heterocycles. The molecule has 0 spiro atoms. The lowest BCUT2D eigenvalue weighted by Gasteiger charge is -2.22. The Labute approximate surface area is 91.3 Å². The molecule has 3 heteroatoms. The lowest BCUT2D eigenvalue weighted by molar-refractivity contribution is 0.529. The van der Waals surface area contributed by atoms with Crippen molar-refractivity contribution in [1.29, 1.82) is 0 Å². The third-order valence-corrected chi connectivity index (χ3v) is 2.47. The van der Waals surface area contributed by atoms with Crippen molar-refractivity contribution >= 4 is 17.6 Å². The van der Waals surface area contributed by atoms with Crippen LogP contribution in [0.25, 0.3) is 0 Å². The summed E-state index contributed by atoms with van der Waals surface area (Å²) in [4.78, 5) is 4.04. The predicted molar refractivity (Wildman–Crippen MR) is 63.3 cm³/mol. The van der Waals surface area contributed by atoms with Gasteiger partial charge in [0, 0.05) is 23.7 Å². The molecule has 1 aromatic heterocycles. The molecule has 0 aromatic carbocycles. The van der Waals surface area contributed by atoms with Crippen LogP contribution in [0.4, 0.5) is 0 Å². The number of aromatic nitrogens is 2. The van der Waals surface area contributed by atoms with E-state index in [9.17, 15) is 0 Å². The Kier molecular flexibility index (Phi) is 4.26. The molecule has 0 saturated heterocycles. The van der Waals surface area contributed by atoms with E-state index in [4.69, 9.17) is 12.2 Å². The number of hydrogen-bond donors (Lipinski definition) is 0. The summed E-state index contributed by atoms with van der Waals surface area (Å²) in [5.41, 5.74) is 0. The maximum Gasteiger partial charge on any atom is 0.0951 e. The third-order valence-electron chi connectivity index (χ3n) is 2.21. The van der Waals surface area contributed by atoms with Gasteiger partial charge in [-0.1, -0.05) is 33.0 Å². The molecule has 1 aromatic rings. The van der Waals surface area contributed by atoms with Crippen LogP contribution in [-0.2, 0) is 0 Å². The fourth-order valence-electron chi connectivity index (χ4n) is 1.64. The second-order valence-electron chi connectivity index (χ2n) is 4.04. The quantitative estimate of drug-likeness (QED) is 0.694. The molecular weight excluding hydrogens is 192 g/mol. The normalized spacial score (nSPS) is 13.5. The van der Waals surface area contributed by atoms with Crippen LogP contribution < -0.4 is 0 Å². The zero-order valence-electron chi connectivity index (χ0n) is 8.97. The van der Waals surface area contributed by atoms with Gasteiger partial charge in [-0.15, -0.1) is 0 Å². The van der Waals surface area contributed by atoms with E-state index in [1.165, 1.54) is 5.92 Å². The average Bonchev–Trinajstić information content (AvgIpc) is 2.57. The second kappa shape index (κ2) is 5.25. The predicted octanol–water partition coefficient (Wildman–Crippen LogP) is 3.06. The van der Waals surface area contributed by atoms with Crippen molar-refractivity contribution in [2.45, 2.75) is 33.2 Å². The first kappa shape index (κ1) is 11.4. The highest BCUT2D eigenvalue weighted by atomic mass is 32.1. The van der Waals surface area contributed by atoms with Gasteiger partial charge in [0.2, 0.25) is 0 Å². The van der Waals surface area contributed by atoms with Gasteiger partial charge in [0.1, 0.15) is 0 Å². The van der Waals surface area contributed by atoms with Crippen molar-refractivity contribution < 1.29 is 0 Å². The fraction of sp³-hybridized carbons (Fsp3) is 0.545. The summed E-state index contributed by atoms with van der Waals surface area (Å²) in [6, 6.07) is 0.217. The van der Waals surface area contributed by atoms with Crippen LogP contribution in [0, 0.1) is 11.8 Å². The van der Waals surface area contributed by atoms with Crippen molar-refractivity contribution in [3.63, 3.8) is 0 Å². The van der Waals surface area contributed by atoms with Crippen LogP contribution in [0.15, 0.2) is 18.7 Å². The molecule has 0 aliphatic carbocycles. The number of rotatable bonds is 5. The number of hydrogen-bond acceptors (Lipinski definition) is 2. The lowest BCUT2D eigenvalue weighted by Crippen LogP contribution is -2.16. The number of imidazole rings is 1. The van der Waals surface area contributed by atoms with Crippen molar-refractivity contribution in [2.75, 3.05) is 0 Å². The van der Waals surface area contributed by atoms with Crippen LogP contribution in [0.3, 0.4) is 0 Å². The summed E-state index contributed by atoms with van der Waals surface area (Å²) in [6.07, 6.45) is 6.67. The van der Waals surface area contributed by atoms with E-state index in [2.05, 4.69) is 25.8 Å². The molecule has 1 unspecified atom stereocenters. The Morgan fingerprint density at radius 3 is 2.71 bits per heavy atom. The van der Waals surface area contributed by atoms with Gasteiger partial charge in [-0.2, -0.15) is 0 Å². The van der Waals surface area contributed by atoms with E-state index in [-0.39, 0.29) is 6.04 Å². The largest absolute Gasteiger partial charge is 0.329 e. The summed E-state index contributed by atoms with van der Waals surface area (Å²) < 4.78 is 2.05. The van der Waals surface area contributed by atoms with Crippen LogP contribution in [-0.4, -0.2) is 14.9 Å². The Hall–Kier alpha value is -0.700. The van der Waals surface area contributed by atoms with Gasteiger partial charge in [0.05, 0.1) is 12.4 Å². The fourth-order valence-corrected chi connectivity index (χ4v) is 2.01. The van der Waals surface area contributed by atoms with Gasteiger partial charge in [0.15, 0.2) is 0 Å². The molecule has 1 heterocycles. The van der Waals surface area contributed by atoms with Crippen LogP contribution in [0.5, 0.6) is 0 Å². The molecule has 1 rings (SSSR count). The standard InChI is InChI=1S/C11H17N2S/c1-9(2)6-10(3)11(7-14)13-5-4-12-8-13/h4-5,7-9,11H,6H2,1-3H3. The molecular formula is C11H17N2S. The van der Waals surface area contributed by atoms with Gasteiger partial charge in [-0.25, -0.2) is 4.98 Å². The monoisotopic (exact) mass is 209 g/mol. The summed E-state index contributed by atoms with van der Waals surface area (Å²) in [7, 11) is 0. The summed E-state index contributed by atoms with van der Waals surface area (Å²) >= 11 is 5.06. The molecule has 77 valence electrons. The van der Waals surface area contributed by atoms with Crippen LogP contribution in [0.1, 0.15) is 33.2 Å². The summed E-state index contributed by atoms with van der Waals surface area (Å²) in [5.74, 6) is 2.07. The third kappa shape index (κ3) is 2.91. The second-order valence-corrected chi connectivity index (χ2v) is 4.31. The number of nitrogens with zero attached hydrogens (tertiary/aromatic N) is 2. The van der Waals surface area contributed by atoms with Crippen LogP contribution in [0.2, 0.25) is 0 Å². The molecule has 0 aliphatic rings. The minimum absolute atomic E-state index is 0.217. The molecule has 0 bridgehead atoms. The maximum absolute atomic E-state index is 5.06. The van der Waals surface area contributed by atoms with Gasteiger partial charge in [-0.3, -0.25) is 0 Å². The summed E-state index contributed by atoms with van der Waals surface area (Å²) in [5, 5.41) is 1.80. The Morgan fingerprint density at radius 1 is 1.57 bits per heavy atom. The Morgan fingerprint density at radius 2 is 2.29 bits per heavy atom. The molecule has 0 N–H and O–H groups in total. The van der Waals surface area contributed by atoms with E-state index in [0.29, 0.717) is 5.92 Å². The molecule has 2 nitrogen and oxygen atoms in total. The first-order valence-corrected chi connectivity index (χ1v) is 5.37. The topological polar surface area (TPSA) is 17.8 Å². The van der Waals surface area contributed by atoms with E-state index in [1.807, 2.05) is 17.1 Å². The molecule has 0 saturated carbocycles. The van der Waals surface area contributed by atoms with E-state index in [0.717, 1.165) is 6.42 Å². The summed E-state index contributed by atoms with van der Waals surface area (Å²) in [6.45, 7) is 6.60. The number of thiocarbonyl (C=S) groups is 1. The highest BCUT2D eigenvalue weighted by molar-refractivity contribution is 7.79. The van der Waals surface area contributed by atoms with E-state index in [1.54, 1.807) is 11.6 Å². The van der Waals surface area contributed by atoms with Crippen molar-refractivity contribution in [2.24, 2.45) is 5.92 Å². The lowest BCUT2D eigenvalue weighted by atomic mass is 9.93. The Bertz CT molecular complexity index is 267. The van der Waals surface area contributed by atoms with Crippen molar-refractivity contribution in [3.05, 3.63) is 24.6 Å². The van der Waals surface area contributed by atoms with Gasteiger partial charge in [0.25, 0.3) is 0 Å². The van der Waals surface area contributed by atoms with Gasteiger partial charge >= 0.3 is 0 Å². The molecule has 0 amide bonds.